The fourth-order valence-electron chi connectivity index (χ4n) is 3.43. The molecule has 0 aromatic heterocycles. The summed E-state index contributed by atoms with van der Waals surface area (Å²) in [7, 11) is 0. The number of hydrogen-bond donors (Lipinski definition) is 1. The molecule has 5 nitrogen and oxygen atoms in total. The number of nitrogens with zero attached hydrogens (tertiary/aromatic N) is 3. The van der Waals surface area contributed by atoms with Gasteiger partial charge in [0.1, 0.15) is 6.54 Å². The van der Waals surface area contributed by atoms with Crippen molar-refractivity contribution in [2.45, 2.75) is 38.5 Å². The molecule has 0 atom stereocenters. The summed E-state index contributed by atoms with van der Waals surface area (Å²) < 4.78 is 0. The molecule has 2 aliphatic heterocycles. The molecule has 0 aliphatic carbocycles. The lowest BCUT2D eigenvalue weighted by molar-refractivity contribution is -0.117. The van der Waals surface area contributed by atoms with E-state index in [9.17, 15) is 4.79 Å². The molecule has 0 unspecified atom stereocenters. The summed E-state index contributed by atoms with van der Waals surface area (Å²) in [6.45, 7) is 2.82. The summed E-state index contributed by atoms with van der Waals surface area (Å²) in [5, 5.41) is 0. The second kappa shape index (κ2) is 9.25. The minimum absolute atomic E-state index is 0. The molecule has 3 rings (SSSR count). The molecule has 1 aromatic carbocycles. The number of fused-ring (bicyclic) bond motifs is 1. The highest BCUT2D eigenvalue weighted by molar-refractivity contribution is 14.0. The minimum Gasteiger partial charge on any atom is -0.370 e. The number of hydrogen-bond acceptors (Lipinski definition) is 2. The van der Waals surface area contributed by atoms with E-state index < -0.39 is 0 Å². The number of halogens is 1. The summed E-state index contributed by atoms with van der Waals surface area (Å²) in [5.74, 6) is 0.556. The number of para-hydroxylation sites is 1. The van der Waals surface area contributed by atoms with Gasteiger partial charge in [-0.15, -0.1) is 24.0 Å². The molecule has 0 spiro atoms. The van der Waals surface area contributed by atoms with E-state index in [1.165, 1.54) is 18.4 Å². The predicted octanol–water partition coefficient (Wildman–Crippen LogP) is 2.77. The van der Waals surface area contributed by atoms with Crippen LogP contribution in [0.5, 0.6) is 0 Å². The molecule has 132 valence electrons. The van der Waals surface area contributed by atoms with E-state index in [1.807, 2.05) is 23.1 Å². The van der Waals surface area contributed by atoms with Crippen molar-refractivity contribution in [3.63, 3.8) is 0 Å². The number of carbonyl (C=O) groups is 1. The van der Waals surface area contributed by atoms with Crippen molar-refractivity contribution in [2.24, 2.45) is 10.7 Å². The summed E-state index contributed by atoms with van der Waals surface area (Å²) in [4.78, 5) is 20.9. The Labute approximate surface area is 161 Å². The van der Waals surface area contributed by atoms with Crippen molar-refractivity contribution in [3.8, 4) is 0 Å². The molecule has 1 aromatic rings. The monoisotopic (exact) mass is 442 g/mol. The Hall–Kier alpha value is -1.31. The maximum Gasteiger partial charge on any atom is 0.248 e. The SMILES string of the molecule is I.NC(=NCC(=O)N1CCCc2ccccc21)N1CCCCCC1. The van der Waals surface area contributed by atoms with Gasteiger partial charge in [-0.1, -0.05) is 31.0 Å². The highest BCUT2D eigenvalue weighted by atomic mass is 127. The van der Waals surface area contributed by atoms with Crippen LogP contribution in [0.4, 0.5) is 5.69 Å². The predicted molar refractivity (Wildman–Crippen MR) is 109 cm³/mol. The third kappa shape index (κ3) is 4.62. The first kappa shape index (κ1) is 19.0. The van der Waals surface area contributed by atoms with Crippen molar-refractivity contribution in [1.82, 2.24) is 4.90 Å². The van der Waals surface area contributed by atoms with Gasteiger partial charge >= 0.3 is 0 Å². The molecular weight excluding hydrogens is 415 g/mol. The number of guanidine groups is 1. The molecule has 1 fully saturated rings. The van der Waals surface area contributed by atoms with Crippen LogP contribution >= 0.6 is 24.0 Å². The molecule has 1 amide bonds. The number of aliphatic imine (C=N–C) groups is 1. The lowest BCUT2D eigenvalue weighted by Crippen LogP contribution is -2.40. The molecular formula is C18H27IN4O. The van der Waals surface area contributed by atoms with Crippen LogP contribution in [0, 0.1) is 0 Å². The molecule has 2 N–H and O–H groups in total. The van der Waals surface area contributed by atoms with Gasteiger partial charge in [0.15, 0.2) is 5.96 Å². The summed E-state index contributed by atoms with van der Waals surface area (Å²) >= 11 is 0. The van der Waals surface area contributed by atoms with Gasteiger partial charge in [0, 0.05) is 25.3 Å². The second-order valence-corrected chi connectivity index (χ2v) is 6.35. The minimum atomic E-state index is 0. The number of aryl methyl sites for hydroxylation is 1. The number of rotatable bonds is 2. The normalized spacial score (nSPS) is 18.4. The fourth-order valence-corrected chi connectivity index (χ4v) is 3.43. The van der Waals surface area contributed by atoms with Crippen LogP contribution in [0.3, 0.4) is 0 Å². The van der Waals surface area contributed by atoms with Gasteiger partial charge in [-0.2, -0.15) is 0 Å². The van der Waals surface area contributed by atoms with Crippen molar-refractivity contribution < 1.29 is 4.79 Å². The number of benzene rings is 1. The van der Waals surface area contributed by atoms with Gasteiger partial charge in [0.2, 0.25) is 5.91 Å². The van der Waals surface area contributed by atoms with E-state index in [1.54, 1.807) is 0 Å². The molecule has 1 saturated heterocycles. The van der Waals surface area contributed by atoms with Gasteiger partial charge in [0.05, 0.1) is 0 Å². The van der Waals surface area contributed by atoms with Crippen molar-refractivity contribution in [2.75, 3.05) is 31.1 Å². The van der Waals surface area contributed by atoms with Crippen molar-refractivity contribution >= 4 is 41.5 Å². The number of carbonyl (C=O) groups excluding carboxylic acids is 1. The fraction of sp³-hybridized carbons (Fsp3) is 0.556. The Morgan fingerprint density at radius 1 is 1.04 bits per heavy atom. The van der Waals surface area contributed by atoms with E-state index in [0.29, 0.717) is 5.96 Å². The first-order valence-electron chi connectivity index (χ1n) is 8.69. The quantitative estimate of drug-likeness (QED) is 0.436. The van der Waals surface area contributed by atoms with Crippen LogP contribution in [-0.2, 0) is 11.2 Å². The summed E-state index contributed by atoms with van der Waals surface area (Å²) in [6, 6.07) is 8.14. The maximum atomic E-state index is 12.6. The van der Waals surface area contributed by atoms with Crippen LogP contribution in [0.25, 0.3) is 0 Å². The number of amides is 1. The number of nitrogens with two attached hydrogens (primary N) is 1. The Bertz CT molecular complexity index is 582. The average Bonchev–Trinajstić information content (AvgIpc) is 2.88. The Morgan fingerprint density at radius 3 is 2.50 bits per heavy atom. The first-order chi connectivity index (χ1) is 11.3. The molecule has 2 aliphatic rings. The number of likely N-dealkylation sites (tertiary alicyclic amines) is 1. The Morgan fingerprint density at radius 2 is 1.75 bits per heavy atom. The Kier molecular flexibility index (Phi) is 7.33. The summed E-state index contributed by atoms with van der Waals surface area (Å²) in [6.07, 6.45) is 6.88. The third-order valence-corrected chi connectivity index (χ3v) is 4.72. The molecule has 0 bridgehead atoms. The van der Waals surface area contributed by atoms with Crippen LogP contribution in [0.15, 0.2) is 29.3 Å². The zero-order chi connectivity index (χ0) is 16.1. The molecule has 0 saturated carbocycles. The van der Waals surface area contributed by atoms with E-state index in [2.05, 4.69) is 16.0 Å². The molecule has 2 heterocycles. The largest absolute Gasteiger partial charge is 0.370 e. The van der Waals surface area contributed by atoms with E-state index in [4.69, 9.17) is 5.73 Å². The lowest BCUT2D eigenvalue weighted by atomic mass is 10.0. The third-order valence-electron chi connectivity index (χ3n) is 4.72. The van der Waals surface area contributed by atoms with Gasteiger partial charge < -0.3 is 15.5 Å². The average molecular weight is 442 g/mol. The molecule has 0 radical (unpaired) electrons. The van der Waals surface area contributed by atoms with Gasteiger partial charge in [-0.3, -0.25) is 4.79 Å². The maximum absolute atomic E-state index is 12.6. The Balaban J connectivity index is 0.00000208. The van der Waals surface area contributed by atoms with E-state index in [-0.39, 0.29) is 36.4 Å². The van der Waals surface area contributed by atoms with Crippen molar-refractivity contribution in [3.05, 3.63) is 29.8 Å². The second-order valence-electron chi connectivity index (χ2n) is 6.35. The first-order valence-corrected chi connectivity index (χ1v) is 8.69. The zero-order valence-corrected chi connectivity index (χ0v) is 16.4. The highest BCUT2D eigenvalue weighted by Gasteiger charge is 2.22. The van der Waals surface area contributed by atoms with E-state index >= 15 is 0 Å². The van der Waals surface area contributed by atoms with E-state index in [0.717, 1.165) is 51.0 Å². The van der Waals surface area contributed by atoms with Gasteiger partial charge in [0.25, 0.3) is 0 Å². The lowest BCUT2D eigenvalue weighted by Gasteiger charge is -2.29. The van der Waals surface area contributed by atoms with Gasteiger partial charge in [-0.25, -0.2) is 4.99 Å². The topological polar surface area (TPSA) is 61.9 Å². The standard InChI is InChI=1S/C18H26N4O.HI/c19-18(21-11-5-1-2-6-12-21)20-14-17(23)22-13-7-9-15-8-3-4-10-16(15)22;/h3-4,8,10H,1-2,5-7,9,11-14H2,(H2,19,20);1H. The summed E-state index contributed by atoms with van der Waals surface area (Å²) in [5.41, 5.74) is 8.38. The molecule has 6 heteroatoms. The van der Waals surface area contributed by atoms with Crippen LogP contribution < -0.4 is 10.6 Å². The molecule has 24 heavy (non-hydrogen) atoms. The van der Waals surface area contributed by atoms with Crippen LogP contribution in [-0.4, -0.2) is 42.9 Å². The zero-order valence-electron chi connectivity index (χ0n) is 14.1. The number of anilines is 1. The van der Waals surface area contributed by atoms with Crippen LogP contribution in [0.2, 0.25) is 0 Å². The van der Waals surface area contributed by atoms with Crippen molar-refractivity contribution in [1.29, 1.82) is 0 Å². The smallest absolute Gasteiger partial charge is 0.248 e. The highest BCUT2D eigenvalue weighted by Crippen LogP contribution is 2.26. The van der Waals surface area contributed by atoms with Crippen LogP contribution in [0.1, 0.15) is 37.7 Å². The van der Waals surface area contributed by atoms with Gasteiger partial charge in [-0.05, 0) is 37.3 Å².